The molecule has 1 aliphatic carbocycles. The molecule has 1 N–H and O–H groups in total. The van der Waals surface area contributed by atoms with Gasteiger partial charge in [-0.25, -0.2) is 0 Å². The molecule has 0 saturated heterocycles. The zero-order chi connectivity index (χ0) is 11.4. The molecule has 0 spiro atoms. The van der Waals surface area contributed by atoms with Crippen LogP contribution in [-0.4, -0.2) is 11.4 Å². The second kappa shape index (κ2) is 4.62. The Balaban J connectivity index is 2.38. The molecule has 1 aromatic rings. The minimum atomic E-state index is 0.217. The predicted molar refractivity (Wildman–Crippen MR) is 63.6 cm³/mol. The smallest absolute Gasteiger partial charge is 0.233 e. The molecule has 1 aromatic carbocycles. The fourth-order valence-electron chi connectivity index (χ4n) is 1.61. The largest absolute Gasteiger partial charge is 0.507 e. The van der Waals surface area contributed by atoms with Crippen molar-refractivity contribution in [2.75, 3.05) is 0 Å². The normalized spacial score (nSPS) is 17.2. The minimum Gasteiger partial charge on any atom is -0.507 e. The van der Waals surface area contributed by atoms with E-state index in [-0.39, 0.29) is 5.75 Å². The molecule has 0 aliphatic heterocycles. The van der Waals surface area contributed by atoms with Crippen molar-refractivity contribution in [2.45, 2.75) is 6.42 Å². The Hall–Kier alpha value is -2.09. The van der Waals surface area contributed by atoms with Gasteiger partial charge in [-0.2, -0.15) is 0 Å². The van der Waals surface area contributed by atoms with Gasteiger partial charge in [0.2, 0.25) is 6.29 Å². The predicted octanol–water partition coefficient (Wildman–Crippen LogP) is 2.77. The van der Waals surface area contributed by atoms with Gasteiger partial charge in [-0.15, -0.1) is 0 Å². The number of carbonyl (C=O) groups excluding carboxylic acids is 1. The molecule has 0 saturated carbocycles. The van der Waals surface area contributed by atoms with E-state index in [1.54, 1.807) is 18.2 Å². The standard InChI is InChI=1S/C14H11O2/c15-10-13-7-2-1-5-11(13)9-12-6-3-4-8-14(12)16/h1-4,6-9,16H,5H2. The SMILES string of the molecule is O=[C]C1=CC=CCC1=Cc1ccccc1O. The summed E-state index contributed by atoms with van der Waals surface area (Å²) in [6.45, 7) is 0. The molecule has 1 aliphatic rings. The number of allylic oxidation sites excluding steroid dienone is 5. The third-order valence-electron chi connectivity index (χ3n) is 2.46. The monoisotopic (exact) mass is 211 g/mol. The maximum absolute atomic E-state index is 10.7. The number of phenolic OH excluding ortho intramolecular Hbond substituents is 1. The van der Waals surface area contributed by atoms with E-state index in [9.17, 15) is 9.90 Å². The van der Waals surface area contributed by atoms with Crippen LogP contribution in [0.3, 0.4) is 0 Å². The Bertz CT molecular complexity index is 493. The Morgan fingerprint density at radius 1 is 1.31 bits per heavy atom. The molecule has 2 heteroatoms. The molecular weight excluding hydrogens is 200 g/mol. The molecule has 2 nitrogen and oxygen atoms in total. The Labute approximate surface area is 94.2 Å². The van der Waals surface area contributed by atoms with Crippen molar-refractivity contribution in [3.8, 4) is 5.75 Å². The third kappa shape index (κ3) is 2.11. The maximum Gasteiger partial charge on any atom is 0.233 e. The van der Waals surface area contributed by atoms with Gasteiger partial charge in [0.05, 0.1) is 0 Å². The summed E-state index contributed by atoms with van der Waals surface area (Å²) in [4.78, 5) is 10.7. The van der Waals surface area contributed by atoms with Crippen LogP contribution < -0.4 is 0 Å². The van der Waals surface area contributed by atoms with E-state index in [2.05, 4.69) is 0 Å². The van der Waals surface area contributed by atoms with Gasteiger partial charge in [0, 0.05) is 11.1 Å². The summed E-state index contributed by atoms with van der Waals surface area (Å²) in [7, 11) is 0. The number of benzene rings is 1. The first-order valence-corrected chi connectivity index (χ1v) is 5.05. The number of phenols is 1. The highest BCUT2D eigenvalue weighted by Crippen LogP contribution is 2.25. The molecule has 0 atom stereocenters. The van der Waals surface area contributed by atoms with Gasteiger partial charge in [0.1, 0.15) is 5.75 Å². The number of rotatable bonds is 2. The van der Waals surface area contributed by atoms with Gasteiger partial charge in [-0.3, -0.25) is 4.79 Å². The van der Waals surface area contributed by atoms with Gasteiger partial charge in [0.15, 0.2) is 0 Å². The lowest BCUT2D eigenvalue weighted by molar-refractivity contribution is 0.474. The average Bonchev–Trinajstić information content (AvgIpc) is 2.33. The van der Waals surface area contributed by atoms with Crippen molar-refractivity contribution in [3.63, 3.8) is 0 Å². The molecule has 0 amide bonds. The molecule has 79 valence electrons. The average molecular weight is 211 g/mol. The van der Waals surface area contributed by atoms with Crippen molar-refractivity contribution in [1.82, 2.24) is 0 Å². The van der Waals surface area contributed by atoms with Crippen LogP contribution in [-0.2, 0) is 4.79 Å². The van der Waals surface area contributed by atoms with E-state index in [0.717, 1.165) is 5.57 Å². The Morgan fingerprint density at radius 2 is 2.12 bits per heavy atom. The molecule has 0 heterocycles. The topological polar surface area (TPSA) is 37.3 Å². The van der Waals surface area contributed by atoms with Crippen LogP contribution >= 0.6 is 0 Å². The molecule has 16 heavy (non-hydrogen) atoms. The highest BCUT2D eigenvalue weighted by Gasteiger charge is 2.07. The zero-order valence-corrected chi connectivity index (χ0v) is 8.68. The first-order valence-electron chi connectivity index (χ1n) is 5.05. The van der Waals surface area contributed by atoms with Crippen LogP contribution in [0.25, 0.3) is 6.08 Å². The van der Waals surface area contributed by atoms with E-state index in [1.807, 2.05) is 36.6 Å². The summed E-state index contributed by atoms with van der Waals surface area (Å²) in [5.74, 6) is 0.217. The highest BCUT2D eigenvalue weighted by atomic mass is 16.3. The van der Waals surface area contributed by atoms with Crippen LogP contribution in [0.4, 0.5) is 0 Å². The third-order valence-corrected chi connectivity index (χ3v) is 2.46. The van der Waals surface area contributed by atoms with Crippen LogP contribution in [0.15, 0.2) is 53.6 Å². The minimum absolute atomic E-state index is 0.217. The summed E-state index contributed by atoms with van der Waals surface area (Å²) in [5, 5.41) is 9.62. The highest BCUT2D eigenvalue weighted by molar-refractivity contribution is 5.85. The number of hydrogen-bond acceptors (Lipinski definition) is 2. The van der Waals surface area contributed by atoms with E-state index in [0.29, 0.717) is 17.6 Å². The number of hydrogen-bond donors (Lipinski definition) is 1. The van der Waals surface area contributed by atoms with E-state index < -0.39 is 0 Å². The number of aromatic hydroxyl groups is 1. The first-order chi connectivity index (χ1) is 7.81. The lowest BCUT2D eigenvalue weighted by Gasteiger charge is -2.08. The molecule has 0 aromatic heterocycles. The van der Waals surface area contributed by atoms with Gasteiger partial charge in [0.25, 0.3) is 0 Å². The summed E-state index contributed by atoms with van der Waals surface area (Å²) >= 11 is 0. The lowest BCUT2D eigenvalue weighted by Crippen LogP contribution is -1.94. The summed E-state index contributed by atoms with van der Waals surface area (Å²) < 4.78 is 0. The summed E-state index contributed by atoms with van der Waals surface area (Å²) in [6, 6.07) is 7.04. The van der Waals surface area contributed by atoms with Crippen LogP contribution in [0.5, 0.6) is 5.75 Å². The van der Waals surface area contributed by atoms with Gasteiger partial charge >= 0.3 is 0 Å². The molecule has 1 radical (unpaired) electrons. The molecule has 0 bridgehead atoms. The van der Waals surface area contributed by atoms with E-state index in [1.165, 1.54) is 0 Å². The summed E-state index contributed by atoms with van der Waals surface area (Å²) in [6.07, 6.45) is 9.93. The van der Waals surface area contributed by atoms with Crippen molar-refractivity contribution < 1.29 is 9.90 Å². The molecular formula is C14H11O2. The fraction of sp³-hybridized carbons (Fsp3) is 0.0714. The lowest BCUT2D eigenvalue weighted by atomic mass is 9.96. The second-order valence-electron chi connectivity index (χ2n) is 3.54. The zero-order valence-electron chi connectivity index (χ0n) is 8.68. The van der Waals surface area contributed by atoms with Crippen LogP contribution in [0.2, 0.25) is 0 Å². The first kappa shape index (κ1) is 10.4. The molecule has 0 unspecified atom stereocenters. The van der Waals surface area contributed by atoms with E-state index >= 15 is 0 Å². The second-order valence-corrected chi connectivity index (χ2v) is 3.54. The van der Waals surface area contributed by atoms with Gasteiger partial charge < -0.3 is 5.11 Å². The Morgan fingerprint density at radius 3 is 2.88 bits per heavy atom. The molecule has 0 fully saturated rings. The summed E-state index contributed by atoms with van der Waals surface area (Å²) in [5.41, 5.74) is 2.14. The fourth-order valence-corrected chi connectivity index (χ4v) is 1.61. The quantitative estimate of drug-likeness (QED) is 0.816. The van der Waals surface area contributed by atoms with E-state index in [4.69, 9.17) is 0 Å². The van der Waals surface area contributed by atoms with Crippen LogP contribution in [0, 0.1) is 0 Å². The van der Waals surface area contributed by atoms with Crippen molar-refractivity contribution in [3.05, 3.63) is 59.2 Å². The van der Waals surface area contributed by atoms with Gasteiger partial charge in [-0.05, 0) is 24.1 Å². The van der Waals surface area contributed by atoms with Gasteiger partial charge in [-0.1, -0.05) is 36.4 Å². The maximum atomic E-state index is 10.7. The molecule has 2 rings (SSSR count). The number of para-hydroxylation sites is 1. The van der Waals surface area contributed by atoms with Crippen molar-refractivity contribution in [1.29, 1.82) is 0 Å². The van der Waals surface area contributed by atoms with Crippen molar-refractivity contribution >= 4 is 12.4 Å². The van der Waals surface area contributed by atoms with Crippen molar-refractivity contribution in [2.24, 2.45) is 0 Å². The Kier molecular flexibility index (Phi) is 3.01. The van der Waals surface area contributed by atoms with Crippen LogP contribution in [0.1, 0.15) is 12.0 Å².